The van der Waals surface area contributed by atoms with Crippen LogP contribution in [0.4, 0.5) is 0 Å². The zero-order valence-electron chi connectivity index (χ0n) is 8.17. The van der Waals surface area contributed by atoms with Crippen LogP contribution >= 0.6 is 0 Å². The van der Waals surface area contributed by atoms with Crippen molar-refractivity contribution in [3.63, 3.8) is 0 Å². The molecular weight excluding hydrogens is 168 g/mol. The highest BCUT2D eigenvalue weighted by molar-refractivity contribution is 6.05. The van der Waals surface area contributed by atoms with Gasteiger partial charge in [-0.3, -0.25) is 9.79 Å². The molecule has 1 N–H and O–H groups in total. The van der Waals surface area contributed by atoms with Crippen molar-refractivity contribution < 1.29 is 9.53 Å². The molecule has 0 aromatic heterocycles. The van der Waals surface area contributed by atoms with Crippen molar-refractivity contribution in [1.29, 1.82) is 0 Å². The molecular formula is C9H16N2O2. The van der Waals surface area contributed by atoms with Crippen LogP contribution in [-0.4, -0.2) is 31.5 Å². The monoisotopic (exact) mass is 184 g/mol. The Morgan fingerprint density at radius 2 is 2.38 bits per heavy atom. The number of carbonyl (C=O) groups excluding carboxylic acids is 1. The van der Waals surface area contributed by atoms with Crippen LogP contribution in [0, 0.1) is 0 Å². The second-order valence-corrected chi connectivity index (χ2v) is 3.09. The van der Waals surface area contributed by atoms with Gasteiger partial charge in [0.25, 0.3) is 0 Å². The highest BCUT2D eigenvalue weighted by atomic mass is 16.5. The summed E-state index contributed by atoms with van der Waals surface area (Å²) in [5, 5.41) is 2.77. The summed E-state index contributed by atoms with van der Waals surface area (Å²) < 4.78 is 4.91. The summed E-state index contributed by atoms with van der Waals surface area (Å²) in [7, 11) is 1.67. The maximum absolute atomic E-state index is 11.2. The number of hydrogen-bond donors (Lipinski definition) is 1. The van der Waals surface area contributed by atoms with Crippen LogP contribution in [0.3, 0.4) is 0 Å². The van der Waals surface area contributed by atoms with Crippen LogP contribution in [-0.2, 0) is 9.53 Å². The van der Waals surface area contributed by atoms with Gasteiger partial charge < -0.3 is 10.1 Å². The van der Waals surface area contributed by atoms with Gasteiger partial charge in [0, 0.05) is 20.1 Å². The van der Waals surface area contributed by atoms with E-state index >= 15 is 0 Å². The summed E-state index contributed by atoms with van der Waals surface area (Å²) >= 11 is 0. The van der Waals surface area contributed by atoms with Crippen molar-refractivity contribution in [3.8, 4) is 0 Å². The predicted molar refractivity (Wildman–Crippen MR) is 50.8 cm³/mol. The Bertz CT molecular complexity index is 214. The molecule has 13 heavy (non-hydrogen) atoms. The summed E-state index contributed by atoms with van der Waals surface area (Å²) in [6.07, 6.45) is 2.49. The summed E-state index contributed by atoms with van der Waals surface area (Å²) in [6.45, 7) is 2.68. The molecule has 4 nitrogen and oxygen atoms in total. The summed E-state index contributed by atoms with van der Waals surface area (Å²) in [5.74, 6) is 0.851. The van der Waals surface area contributed by atoms with E-state index in [1.54, 1.807) is 7.11 Å². The SMILES string of the molecule is CCC1N=C(CCCOC)NC1=O. The molecule has 74 valence electrons. The standard InChI is InChI=1S/C9H16N2O2/c1-3-7-9(12)11-8(10-7)5-4-6-13-2/h7H,3-6H2,1-2H3,(H,10,11,12). The van der Waals surface area contributed by atoms with Gasteiger partial charge in [0.2, 0.25) is 5.91 Å². The average molecular weight is 184 g/mol. The molecule has 1 amide bonds. The highest BCUT2D eigenvalue weighted by Gasteiger charge is 2.23. The number of nitrogens with zero attached hydrogens (tertiary/aromatic N) is 1. The van der Waals surface area contributed by atoms with Gasteiger partial charge in [-0.15, -0.1) is 0 Å². The van der Waals surface area contributed by atoms with E-state index in [0.29, 0.717) is 6.61 Å². The van der Waals surface area contributed by atoms with Crippen molar-refractivity contribution in [1.82, 2.24) is 5.32 Å². The minimum atomic E-state index is -0.155. The third-order valence-electron chi connectivity index (χ3n) is 2.03. The lowest BCUT2D eigenvalue weighted by molar-refractivity contribution is -0.120. The van der Waals surface area contributed by atoms with Crippen LogP contribution < -0.4 is 5.32 Å². The Morgan fingerprint density at radius 1 is 1.62 bits per heavy atom. The minimum Gasteiger partial charge on any atom is -0.385 e. The van der Waals surface area contributed by atoms with Crippen LogP contribution in [0.25, 0.3) is 0 Å². The summed E-state index contributed by atoms with van der Waals surface area (Å²) in [4.78, 5) is 15.5. The molecule has 1 rings (SSSR count). The van der Waals surface area contributed by atoms with E-state index in [2.05, 4.69) is 10.3 Å². The molecule has 0 spiro atoms. The van der Waals surface area contributed by atoms with Crippen molar-refractivity contribution in [2.45, 2.75) is 32.2 Å². The molecule has 1 aliphatic heterocycles. The van der Waals surface area contributed by atoms with E-state index in [-0.39, 0.29) is 11.9 Å². The zero-order valence-corrected chi connectivity index (χ0v) is 8.17. The van der Waals surface area contributed by atoms with Gasteiger partial charge in [0.05, 0.1) is 0 Å². The maximum atomic E-state index is 11.2. The van der Waals surface area contributed by atoms with E-state index in [0.717, 1.165) is 25.1 Å². The van der Waals surface area contributed by atoms with E-state index in [1.807, 2.05) is 6.92 Å². The quantitative estimate of drug-likeness (QED) is 0.640. The Labute approximate surface area is 78.4 Å². The number of amides is 1. The van der Waals surface area contributed by atoms with Crippen LogP contribution in [0.15, 0.2) is 4.99 Å². The third kappa shape index (κ3) is 2.81. The molecule has 0 radical (unpaired) electrons. The first-order chi connectivity index (χ1) is 6.27. The van der Waals surface area contributed by atoms with Crippen LogP contribution in [0.5, 0.6) is 0 Å². The smallest absolute Gasteiger partial charge is 0.250 e. The van der Waals surface area contributed by atoms with Gasteiger partial charge in [-0.2, -0.15) is 0 Å². The summed E-state index contributed by atoms with van der Waals surface area (Å²) in [5.41, 5.74) is 0. The molecule has 0 aromatic carbocycles. The summed E-state index contributed by atoms with van der Waals surface area (Å²) in [6, 6.07) is -0.155. The molecule has 0 aliphatic carbocycles. The van der Waals surface area contributed by atoms with Gasteiger partial charge in [0.15, 0.2) is 0 Å². The fourth-order valence-corrected chi connectivity index (χ4v) is 1.29. The van der Waals surface area contributed by atoms with E-state index < -0.39 is 0 Å². The Balaban J connectivity index is 2.32. The number of carbonyl (C=O) groups is 1. The zero-order chi connectivity index (χ0) is 9.68. The second-order valence-electron chi connectivity index (χ2n) is 3.09. The third-order valence-corrected chi connectivity index (χ3v) is 2.03. The first-order valence-electron chi connectivity index (χ1n) is 4.64. The Kier molecular flexibility index (Phi) is 3.89. The predicted octanol–water partition coefficient (Wildman–Crippen LogP) is 0.720. The van der Waals surface area contributed by atoms with Crippen molar-refractivity contribution >= 4 is 11.7 Å². The molecule has 1 heterocycles. The number of hydrogen-bond acceptors (Lipinski definition) is 3. The number of rotatable bonds is 5. The van der Waals surface area contributed by atoms with Crippen LogP contribution in [0.2, 0.25) is 0 Å². The van der Waals surface area contributed by atoms with Gasteiger partial charge in [0.1, 0.15) is 11.9 Å². The number of aliphatic imine (C=N–C) groups is 1. The first-order valence-corrected chi connectivity index (χ1v) is 4.64. The average Bonchev–Trinajstić information content (AvgIpc) is 2.47. The van der Waals surface area contributed by atoms with E-state index in [9.17, 15) is 4.79 Å². The number of methoxy groups -OCH3 is 1. The molecule has 1 atom stereocenters. The minimum absolute atomic E-state index is 0.0370. The van der Waals surface area contributed by atoms with Crippen LogP contribution in [0.1, 0.15) is 26.2 Å². The largest absolute Gasteiger partial charge is 0.385 e. The molecule has 0 bridgehead atoms. The Morgan fingerprint density at radius 3 is 2.92 bits per heavy atom. The van der Waals surface area contributed by atoms with Crippen molar-refractivity contribution in [2.75, 3.05) is 13.7 Å². The molecule has 1 aliphatic rings. The lowest BCUT2D eigenvalue weighted by Gasteiger charge is -1.99. The molecule has 0 fully saturated rings. The molecule has 0 saturated carbocycles. The molecule has 1 unspecified atom stereocenters. The molecule has 0 saturated heterocycles. The number of nitrogens with one attached hydrogen (secondary N) is 1. The van der Waals surface area contributed by atoms with E-state index in [1.165, 1.54) is 0 Å². The van der Waals surface area contributed by atoms with Gasteiger partial charge >= 0.3 is 0 Å². The second kappa shape index (κ2) is 4.97. The fourth-order valence-electron chi connectivity index (χ4n) is 1.29. The topological polar surface area (TPSA) is 50.7 Å². The molecule has 0 aromatic rings. The van der Waals surface area contributed by atoms with Gasteiger partial charge in [-0.25, -0.2) is 0 Å². The van der Waals surface area contributed by atoms with Gasteiger partial charge in [-0.05, 0) is 12.8 Å². The highest BCUT2D eigenvalue weighted by Crippen LogP contribution is 2.07. The maximum Gasteiger partial charge on any atom is 0.250 e. The van der Waals surface area contributed by atoms with Gasteiger partial charge in [-0.1, -0.05) is 6.92 Å². The normalized spacial score (nSPS) is 21.5. The number of amidine groups is 1. The van der Waals surface area contributed by atoms with Crippen molar-refractivity contribution in [3.05, 3.63) is 0 Å². The van der Waals surface area contributed by atoms with E-state index in [4.69, 9.17) is 4.74 Å². The first kappa shape index (κ1) is 10.2. The molecule has 4 heteroatoms. The van der Waals surface area contributed by atoms with Crippen molar-refractivity contribution in [2.24, 2.45) is 4.99 Å². The number of ether oxygens (including phenoxy) is 1. The lowest BCUT2D eigenvalue weighted by Crippen LogP contribution is -2.28. The Hall–Kier alpha value is -0.900. The lowest BCUT2D eigenvalue weighted by atomic mass is 10.2. The fraction of sp³-hybridized carbons (Fsp3) is 0.778.